The van der Waals surface area contributed by atoms with E-state index in [9.17, 15) is 19.5 Å². The molecule has 3 saturated heterocycles. The molecule has 3 amide bonds. The number of anilines is 1. The third-order valence-electron chi connectivity index (χ3n) is 10.1. The molecule has 10 heteroatoms. The highest BCUT2D eigenvalue weighted by molar-refractivity contribution is 8.02. The van der Waals surface area contributed by atoms with Crippen LogP contribution >= 0.6 is 11.8 Å². The molecule has 0 radical (unpaired) electrons. The summed E-state index contributed by atoms with van der Waals surface area (Å²) in [5, 5.41) is 10.8. The number of aliphatic hydroxyl groups excluding tert-OH is 1. The van der Waals surface area contributed by atoms with Crippen molar-refractivity contribution in [3.05, 3.63) is 90.5 Å². The second kappa shape index (κ2) is 12.1. The average Bonchev–Trinajstić information content (AvgIpc) is 3.34. The fourth-order valence-electron chi connectivity index (χ4n) is 8.00. The Labute approximate surface area is 268 Å². The van der Waals surface area contributed by atoms with Crippen molar-refractivity contribution in [1.82, 2.24) is 14.7 Å². The number of thioether (sulfide) groups is 1. The number of hydrogen-bond acceptors (Lipinski definition) is 7. The molecule has 5 aliphatic heterocycles. The van der Waals surface area contributed by atoms with Crippen molar-refractivity contribution in [3.8, 4) is 0 Å². The third-order valence-corrected chi connectivity index (χ3v) is 11.9. The quantitative estimate of drug-likeness (QED) is 0.472. The fourth-order valence-corrected chi connectivity index (χ4v) is 10.1. The number of benzene rings is 2. The number of morpholine rings is 1. The Balaban J connectivity index is 1.31. The SMILES string of the molecule is C[C@]12C=CCN(c3ccccc3)C(=O)[C@H]1[C@H]1C(=O)N([C@H](CO)c3ccccc3)C3C(=O)N(CCN4CCOCC4)CC=C[C@@]31S2. The molecule has 1 spiro atoms. The highest BCUT2D eigenvalue weighted by atomic mass is 32.2. The number of fused-ring (bicyclic) bond motifs is 2. The van der Waals surface area contributed by atoms with Crippen LogP contribution in [0.25, 0.3) is 0 Å². The van der Waals surface area contributed by atoms with E-state index in [4.69, 9.17) is 4.74 Å². The minimum atomic E-state index is -0.983. The summed E-state index contributed by atoms with van der Waals surface area (Å²) in [7, 11) is 0. The lowest BCUT2D eigenvalue weighted by molar-refractivity contribution is -0.146. The molecule has 6 atom stereocenters. The van der Waals surface area contributed by atoms with Crippen LogP contribution in [0.15, 0.2) is 85.0 Å². The highest BCUT2D eigenvalue weighted by Crippen LogP contribution is 2.66. The van der Waals surface area contributed by atoms with Crippen LogP contribution in [0.2, 0.25) is 0 Å². The van der Waals surface area contributed by atoms with Crippen LogP contribution in [0.1, 0.15) is 18.5 Å². The maximum atomic E-state index is 15.0. The van der Waals surface area contributed by atoms with Gasteiger partial charge in [-0.2, -0.15) is 0 Å². The van der Waals surface area contributed by atoms with Gasteiger partial charge in [-0.1, -0.05) is 72.8 Å². The van der Waals surface area contributed by atoms with Gasteiger partial charge in [0, 0.05) is 49.7 Å². The van der Waals surface area contributed by atoms with E-state index in [-0.39, 0.29) is 24.3 Å². The van der Waals surface area contributed by atoms with Gasteiger partial charge in [-0.3, -0.25) is 19.3 Å². The van der Waals surface area contributed by atoms with Crippen LogP contribution in [0, 0.1) is 11.8 Å². The number of likely N-dealkylation sites (tertiary alicyclic amines) is 1. The summed E-state index contributed by atoms with van der Waals surface area (Å²) in [4.78, 5) is 52.0. The van der Waals surface area contributed by atoms with Crippen molar-refractivity contribution in [2.45, 2.75) is 28.5 Å². The van der Waals surface area contributed by atoms with E-state index < -0.39 is 33.4 Å². The molecule has 1 N–H and O–H groups in total. The zero-order valence-corrected chi connectivity index (χ0v) is 26.4. The van der Waals surface area contributed by atoms with Gasteiger partial charge in [-0.25, -0.2) is 0 Å². The van der Waals surface area contributed by atoms with Gasteiger partial charge < -0.3 is 24.5 Å². The topological polar surface area (TPSA) is 93.6 Å². The average molecular weight is 629 g/mol. The number of aliphatic hydroxyl groups is 1. The van der Waals surface area contributed by atoms with Gasteiger partial charge in [0.1, 0.15) is 6.04 Å². The fraction of sp³-hybridized carbons (Fsp3) is 0.457. The summed E-state index contributed by atoms with van der Waals surface area (Å²) in [6.45, 7) is 6.75. The van der Waals surface area contributed by atoms with Crippen molar-refractivity contribution < 1.29 is 24.2 Å². The number of ether oxygens (including phenoxy) is 1. The van der Waals surface area contributed by atoms with E-state index in [1.165, 1.54) is 0 Å². The molecule has 3 fully saturated rings. The summed E-state index contributed by atoms with van der Waals surface area (Å²) in [5.41, 5.74) is 1.54. The molecule has 0 aromatic heterocycles. The Morgan fingerprint density at radius 3 is 2.27 bits per heavy atom. The monoisotopic (exact) mass is 628 g/mol. The van der Waals surface area contributed by atoms with E-state index in [0.29, 0.717) is 39.4 Å². The minimum absolute atomic E-state index is 0.119. The second-order valence-electron chi connectivity index (χ2n) is 12.7. The summed E-state index contributed by atoms with van der Waals surface area (Å²) in [5.74, 6) is -1.99. The molecular weight excluding hydrogens is 588 g/mol. The molecule has 236 valence electrons. The Bertz CT molecular complexity index is 1500. The van der Waals surface area contributed by atoms with Gasteiger partial charge in [0.05, 0.1) is 42.4 Å². The number of carbonyl (C=O) groups excluding carboxylic acids is 3. The second-order valence-corrected chi connectivity index (χ2v) is 14.5. The molecule has 0 bridgehead atoms. The van der Waals surface area contributed by atoms with Crippen molar-refractivity contribution in [2.75, 3.05) is 64.0 Å². The first-order valence-corrected chi connectivity index (χ1v) is 16.7. The summed E-state index contributed by atoms with van der Waals surface area (Å²) >= 11 is 1.57. The summed E-state index contributed by atoms with van der Waals surface area (Å²) in [6, 6.07) is 17.4. The van der Waals surface area contributed by atoms with E-state index in [2.05, 4.69) is 11.0 Å². The van der Waals surface area contributed by atoms with Crippen LogP contribution in [-0.2, 0) is 19.1 Å². The van der Waals surface area contributed by atoms with E-state index in [1.54, 1.807) is 21.6 Å². The lowest BCUT2D eigenvalue weighted by Gasteiger charge is -2.40. The molecule has 9 nitrogen and oxygen atoms in total. The maximum absolute atomic E-state index is 15.0. The van der Waals surface area contributed by atoms with Crippen LogP contribution in [-0.4, -0.2) is 112 Å². The van der Waals surface area contributed by atoms with Gasteiger partial charge in [-0.15, -0.1) is 11.8 Å². The van der Waals surface area contributed by atoms with Gasteiger partial charge >= 0.3 is 0 Å². The molecule has 2 aromatic carbocycles. The van der Waals surface area contributed by atoms with Crippen molar-refractivity contribution >= 4 is 35.2 Å². The number of amides is 3. The number of nitrogens with zero attached hydrogens (tertiary/aromatic N) is 4. The lowest BCUT2D eigenvalue weighted by Crippen LogP contribution is -2.55. The number of para-hydroxylation sites is 1. The first-order chi connectivity index (χ1) is 21.9. The van der Waals surface area contributed by atoms with E-state index >= 15 is 0 Å². The molecule has 0 aliphatic carbocycles. The van der Waals surface area contributed by atoms with Crippen LogP contribution < -0.4 is 4.90 Å². The van der Waals surface area contributed by atoms with Crippen molar-refractivity contribution in [1.29, 1.82) is 0 Å². The zero-order chi connectivity index (χ0) is 31.2. The molecule has 5 aliphatic rings. The zero-order valence-electron chi connectivity index (χ0n) is 25.5. The molecular formula is C35H40N4O5S. The Hall–Kier alpha value is -3.44. The lowest BCUT2D eigenvalue weighted by atomic mass is 9.74. The Morgan fingerprint density at radius 2 is 1.56 bits per heavy atom. The summed E-state index contributed by atoms with van der Waals surface area (Å²) < 4.78 is 3.82. The Morgan fingerprint density at radius 1 is 0.867 bits per heavy atom. The summed E-state index contributed by atoms with van der Waals surface area (Å²) in [6.07, 6.45) is 8.15. The molecule has 7 rings (SSSR count). The first-order valence-electron chi connectivity index (χ1n) is 15.9. The highest BCUT2D eigenvalue weighted by Gasteiger charge is 2.74. The molecule has 45 heavy (non-hydrogen) atoms. The van der Waals surface area contributed by atoms with Crippen LogP contribution in [0.5, 0.6) is 0 Å². The Kier molecular flexibility index (Phi) is 8.10. The molecule has 2 aromatic rings. The maximum Gasteiger partial charge on any atom is 0.247 e. The van der Waals surface area contributed by atoms with Crippen molar-refractivity contribution in [3.63, 3.8) is 0 Å². The van der Waals surface area contributed by atoms with Gasteiger partial charge in [-0.05, 0) is 24.6 Å². The van der Waals surface area contributed by atoms with Gasteiger partial charge in [0.15, 0.2) is 0 Å². The van der Waals surface area contributed by atoms with Crippen LogP contribution in [0.3, 0.4) is 0 Å². The largest absolute Gasteiger partial charge is 0.394 e. The van der Waals surface area contributed by atoms with Gasteiger partial charge in [0.2, 0.25) is 17.7 Å². The van der Waals surface area contributed by atoms with Crippen LogP contribution in [0.4, 0.5) is 5.69 Å². The van der Waals surface area contributed by atoms with E-state index in [1.807, 2.05) is 90.7 Å². The van der Waals surface area contributed by atoms with Gasteiger partial charge in [0.25, 0.3) is 0 Å². The smallest absolute Gasteiger partial charge is 0.247 e. The minimum Gasteiger partial charge on any atom is -0.394 e. The molecule has 5 heterocycles. The van der Waals surface area contributed by atoms with Crippen molar-refractivity contribution in [2.24, 2.45) is 11.8 Å². The number of hydrogen-bond donors (Lipinski definition) is 1. The first kappa shape index (κ1) is 30.2. The standard InChI is InChI=1S/C35H40N4O5S/c1-34-14-8-17-38(26-12-6-3-7-13-26)31(41)28(34)29-32(42)39(27(24-40)25-10-4-2-5-11-25)30-33(43)37(16-9-15-35(29,30)45-34)19-18-36-20-22-44-23-21-36/h2-15,27-30,40H,16-24H2,1H3/t27-,28-,29+,30?,34+,35+/m1/s1. The third kappa shape index (κ3) is 5.02. The number of rotatable bonds is 7. The predicted octanol–water partition coefficient (Wildman–Crippen LogP) is 2.74. The molecule has 0 saturated carbocycles. The molecule has 1 unspecified atom stereocenters. The normalized spacial score (nSPS) is 32.3. The number of carbonyl (C=O) groups is 3. The predicted molar refractivity (Wildman–Crippen MR) is 174 cm³/mol. The van der Waals surface area contributed by atoms with E-state index in [0.717, 1.165) is 24.3 Å².